The van der Waals surface area contributed by atoms with Crippen molar-refractivity contribution in [1.29, 1.82) is 0 Å². The van der Waals surface area contributed by atoms with Crippen molar-refractivity contribution < 1.29 is 17.9 Å². The molecule has 0 amide bonds. The zero-order chi connectivity index (χ0) is 17.8. The Kier molecular flexibility index (Phi) is 5.48. The first-order valence-corrected chi connectivity index (χ1v) is 7.54. The Morgan fingerprint density at radius 1 is 1.17 bits per heavy atom. The van der Waals surface area contributed by atoms with Crippen molar-refractivity contribution in [2.24, 2.45) is 0 Å². The van der Waals surface area contributed by atoms with Gasteiger partial charge in [-0.1, -0.05) is 26.8 Å². The highest BCUT2D eigenvalue weighted by Crippen LogP contribution is 2.24. The van der Waals surface area contributed by atoms with Gasteiger partial charge in [0.1, 0.15) is 0 Å². The molecule has 0 aromatic carbocycles. The number of nitrogens with zero attached hydrogens (tertiary/aromatic N) is 2. The summed E-state index contributed by atoms with van der Waals surface area (Å²) >= 11 is 0. The molecule has 0 bridgehead atoms. The lowest BCUT2D eigenvalue weighted by Gasteiger charge is -2.18. The SMILES string of the molecule is CC(C)(C)c1[nH]ncc1CNCc1cccnc1OCC(F)(F)F. The van der Waals surface area contributed by atoms with E-state index in [1.54, 1.807) is 18.3 Å². The molecule has 24 heavy (non-hydrogen) atoms. The maximum Gasteiger partial charge on any atom is 0.422 e. The fourth-order valence-corrected chi connectivity index (χ4v) is 2.27. The van der Waals surface area contributed by atoms with Gasteiger partial charge in [-0.3, -0.25) is 5.10 Å². The van der Waals surface area contributed by atoms with Crippen LogP contribution < -0.4 is 10.1 Å². The average molecular weight is 342 g/mol. The average Bonchev–Trinajstić information content (AvgIpc) is 2.94. The van der Waals surface area contributed by atoms with Crippen molar-refractivity contribution in [2.75, 3.05) is 6.61 Å². The molecule has 2 rings (SSSR count). The zero-order valence-electron chi connectivity index (χ0n) is 13.9. The van der Waals surface area contributed by atoms with Crippen LogP contribution in [0.2, 0.25) is 0 Å². The third kappa shape index (κ3) is 5.23. The third-order valence-electron chi connectivity index (χ3n) is 3.32. The number of halogens is 3. The Labute approximate surface area is 138 Å². The monoisotopic (exact) mass is 342 g/mol. The van der Waals surface area contributed by atoms with E-state index in [0.717, 1.165) is 11.3 Å². The summed E-state index contributed by atoms with van der Waals surface area (Å²) in [4.78, 5) is 3.87. The highest BCUT2D eigenvalue weighted by Gasteiger charge is 2.29. The van der Waals surface area contributed by atoms with Crippen molar-refractivity contribution in [1.82, 2.24) is 20.5 Å². The van der Waals surface area contributed by atoms with Gasteiger partial charge in [0.2, 0.25) is 5.88 Å². The molecule has 0 spiro atoms. The molecule has 0 saturated carbocycles. The second kappa shape index (κ2) is 7.21. The Hall–Kier alpha value is -2.09. The van der Waals surface area contributed by atoms with Gasteiger partial charge in [-0.15, -0.1) is 0 Å². The van der Waals surface area contributed by atoms with Crippen molar-refractivity contribution in [3.63, 3.8) is 0 Å². The molecular formula is C16H21F3N4O. The lowest BCUT2D eigenvalue weighted by Crippen LogP contribution is -2.22. The van der Waals surface area contributed by atoms with Crippen LogP contribution in [0.5, 0.6) is 5.88 Å². The lowest BCUT2D eigenvalue weighted by atomic mass is 9.89. The number of hydrogen-bond acceptors (Lipinski definition) is 4. The van der Waals surface area contributed by atoms with Crippen LogP contribution in [-0.2, 0) is 18.5 Å². The van der Waals surface area contributed by atoms with Crippen LogP contribution in [0.4, 0.5) is 13.2 Å². The number of nitrogens with one attached hydrogen (secondary N) is 2. The van der Waals surface area contributed by atoms with Crippen LogP contribution >= 0.6 is 0 Å². The number of aromatic amines is 1. The lowest BCUT2D eigenvalue weighted by molar-refractivity contribution is -0.154. The van der Waals surface area contributed by atoms with Crippen LogP contribution in [-0.4, -0.2) is 28.0 Å². The summed E-state index contributed by atoms with van der Waals surface area (Å²) in [6.45, 7) is 5.76. The van der Waals surface area contributed by atoms with Gasteiger partial charge in [0.05, 0.1) is 6.20 Å². The maximum atomic E-state index is 12.3. The van der Waals surface area contributed by atoms with Crippen molar-refractivity contribution in [2.45, 2.75) is 45.5 Å². The third-order valence-corrected chi connectivity index (χ3v) is 3.32. The van der Waals surface area contributed by atoms with Crippen LogP contribution in [0.1, 0.15) is 37.6 Å². The molecule has 0 saturated heterocycles. The smallest absolute Gasteiger partial charge is 0.422 e. The number of alkyl halides is 3. The standard InChI is InChI=1S/C16H21F3N4O/c1-15(2,3)13-12(9-22-23-13)8-20-7-11-5-4-6-21-14(11)24-10-16(17,18)19/h4-6,9,20H,7-8,10H2,1-3H3,(H,22,23). The van der Waals surface area contributed by atoms with Gasteiger partial charge in [0.25, 0.3) is 0 Å². The van der Waals surface area contributed by atoms with Gasteiger partial charge in [-0.25, -0.2) is 4.98 Å². The predicted molar refractivity (Wildman–Crippen MR) is 83.6 cm³/mol. The summed E-state index contributed by atoms with van der Waals surface area (Å²) in [5.74, 6) is -0.00874. The summed E-state index contributed by atoms with van der Waals surface area (Å²) in [6.07, 6.45) is -1.23. The van der Waals surface area contributed by atoms with Gasteiger partial charge >= 0.3 is 6.18 Å². The number of rotatable bonds is 6. The van der Waals surface area contributed by atoms with Crippen LogP contribution in [0, 0.1) is 0 Å². The summed E-state index contributed by atoms with van der Waals surface area (Å²) in [6, 6.07) is 3.35. The van der Waals surface area contributed by atoms with E-state index in [4.69, 9.17) is 4.74 Å². The summed E-state index contributed by atoms with van der Waals surface area (Å²) in [5, 5.41) is 10.2. The minimum Gasteiger partial charge on any atom is -0.468 e. The second-order valence-electron chi connectivity index (χ2n) is 6.50. The highest BCUT2D eigenvalue weighted by molar-refractivity contribution is 5.26. The van der Waals surface area contributed by atoms with E-state index in [9.17, 15) is 13.2 Å². The molecule has 132 valence electrons. The number of ether oxygens (including phenoxy) is 1. The Bertz CT molecular complexity index is 662. The number of pyridine rings is 1. The Morgan fingerprint density at radius 3 is 2.54 bits per heavy atom. The van der Waals surface area contributed by atoms with E-state index in [2.05, 4.69) is 41.3 Å². The van der Waals surface area contributed by atoms with E-state index >= 15 is 0 Å². The Balaban J connectivity index is 1.97. The van der Waals surface area contributed by atoms with Crippen molar-refractivity contribution >= 4 is 0 Å². The van der Waals surface area contributed by atoms with E-state index in [1.165, 1.54) is 6.20 Å². The van der Waals surface area contributed by atoms with Crippen molar-refractivity contribution in [3.05, 3.63) is 41.3 Å². The van der Waals surface area contributed by atoms with Crippen LogP contribution in [0.15, 0.2) is 24.5 Å². The number of aromatic nitrogens is 3. The molecule has 0 aliphatic rings. The van der Waals surface area contributed by atoms with Gasteiger partial charge in [-0.05, 0) is 6.07 Å². The minimum absolute atomic E-state index is 0.00874. The normalized spacial score (nSPS) is 12.4. The molecule has 2 aromatic heterocycles. The maximum absolute atomic E-state index is 12.3. The molecule has 0 aliphatic carbocycles. The summed E-state index contributed by atoms with van der Waals surface area (Å²) < 4.78 is 41.6. The summed E-state index contributed by atoms with van der Waals surface area (Å²) in [5.41, 5.74) is 2.55. The molecule has 2 aromatic rings. The fraction of sp³-hybridized carbons (Fsp3) is 0.500. The quantitative estimate of drug-likeness (QED) is 0.845. The van der Waals surface area contributed by atoms with E-state index in [-0.39, 0.29) is 11.3 Å². The van der Waals surface area contributed by atoms with Gasteiger partial charge in [-0.2, -0.15) is 18.3 Å². The molecular weight excluding hydrogens is 321 g/mol. The fourth-order valence-electron chi connectivity index (χ4n) is 2.27. The summed E-state index contributed by atoms with van der Waals surface area (Å²) in [7, 11) is 0. The van der Waals surface area contributed by atoms with Crippen LogP contribution in [0.25, 0.3) is 0 Å². The molecule has 8 heteroatoms. The van der Waals surface area contributed by atoms with Gasteiger partial charge in [0.15, 0.2) is 6.61 Å². The molecule has 0 fully saturated rings. The molecule has 0 unspecified atom stereocenters. The number of H-pyrrole nitrogens is 1. The first kappa shape index (κ1) is 18.3. The van der Waals surface area contributed by atoms with Crippen molar-refractivity contribution in [3.8, 4) is 5.88 Å². The largest absolute Gasteiger partial charge is 0.468 e. The predicted octanol–water partition coefficient (Wildman–Crippen LogP) is 3.33. The topological polar surface area (TPSA) is 62.8 Å². The zero-order valence-corrected chi connectivity index (χ0v) is 13.9. The first-order valence-electron chi connectivity index (χ1n) is 7.54. The second-order valence-corrected chi connectivity index (χ2v) is 6.50. The van der Waals surface area contributed by atoms with E-state index in [0.29, 0.717) is 18.7 Å². The molecule has 2 heterocycles. The minimum atomic E-state index is -4.39. The molecule has 2 N–H and O–H groups in total. The van der Waals surface area contributed by atoms with E-state index < -0.39 is 12.8 Å². The Morgan fingerprint density at radius 2 is 1.88 bits per heavy atom. The first-order chi connectivity index (χ1) is 11.2. The van der Waals surface area contributed by atoms with Crippen LogP contribution in [0.3, 0.4) is 0 Å². The van der Waals surface area contributed by atoms with E-state index in [1.807, 2.05) is 0 Å². The highest BCUT2D eigenvalue weighted by atomic mass is 19.4. The molecule has 0 atom stereocenters. The molecule has 0 radical (unpaired) electrons. The van der Waals surface area contributed by atoms with Gasteiger partial charge in [0, 0.05) is 41.5 Å². The molecule has 0 aliphatic heterocycles. The number of hydrogen-bond donors (Lipinski definition) is 2. The van der Waals surface area contributed by atoms with Gasteiger partial charge < -0.3 is 10.1 Å². The molecule has 5 nitrogen and oxygen atoms in total.